The highest BCUT2D eigenvalue weighted by Crippen LogP contribution is 2.05. The van der Waals surface area contributed by atoms with Gasteiger partial charge >= 0.3 is 0 Å². The minimum atomic E-state index is -0.195. The van der Waals surface area contributed by atoms with Crippen LogP contribution in [0.3, 0.4) is 0 Å². The number of rotatable bonds is 5. The Labute approximate surface area is 92.4 Å². The van der Waals surface area contributed by atoms with E-state index in [0.29, 0.717) is 6.42 Å². The molecule has 1 saturated heterocycles. The maximum absolute atomic E-state index is 10.6. The first kappa shape index (κ1) is 12.5. The molecule has 0 unspecified atom stereocenters. The van der Waals surface area contributed by atoms with Crippen LogP contribution in [0.5, 0.6) is 0 Å². The van der Waals surface area contributed by atoms with Gasteiger partial charge in [0.25, 0.3) is 0 Å². The van der Waals surface area contributed by atoms with E-state index in [1.54, 1.807) is 0 Å². The molecule has 1 aliphatic rings. The summed E-state index contributed by atoms with van der Waals surface area (Å²) in [5, 5.41) is 0. The maximum atomic E-state index is 10.6. The van der Waals surface area contributed by atoms with Gasteiger partial charge in [-0.25, -0.2) is 0 Å². The molecular formula is C11H23N3O. The van der Waals surface area contributed by atoms with E-state index < -0.39 is 0 Å². The van der Waals surface area contributed by atoms with Crippen molar-refractivity contribution in [1.29, 1.82) is 0 Å². The number of hydrogen-bond acceptors (Lipinski definition) is 3. The van der Waals surface area contributed by atoms with Crippen LogP contribution in [0.4, 0.5) is 0 Å². The first-order valence-electron chi connectivity index (χ1n) is 5.81. The SMILES string of the molecule is CC(C)CN1CCN(CCC(N)=O)CC1. The first-order chi connectivity index (χ1) is 7.08. The van der Waals surface area contributed by atoms with Gasteiger partial charge in [-0.05, 0) is 5.92 Å². The molecule has 4 nitrogen and oxygen atoms in total. The number of nitrogens with zero attached hydrogens (tertiary/aromatic N) is 2. The van der Waals surface area contributed by atoms with Crippen LogP contribution >= 0.6 is 0 Å². The van der Waals surface area contributed by atoms with Gasteiger partial charge in [-0.2, -0.15) is 0 Å². The van der Waals surface area contributed by atoms with Crippen LogP contribution in [0.1, 0.15) is 20.3 Å². The molecule has 0 saturated carbocycles. The number of carbonyl (C=O) groups is 1. The largest absolute Gasteiger partial charge is 0.370 e. The first-order valence-corrected chi connectivity index (χ1v) is 5.81. The van der Waals surface area contributed by atoms with E-state index in [0.717, 1.165) is 38.6 Å². The second kappa shape index (κ2) is 6.08. The Hall–Kier alpha value is -0.610. The van der Waals surface area contributed by atoms with Crippen molar-refractivity contribution in [1.82, 2.24) is 9.80 Å². The fourth-order valence-corrected chi connectivity index (χ4v) is 1.98. The van der Waals surface area contributed by atoms with Crippen molar-refractivity contribution in [3.05, 3.63) is 0 Å². The quantitative estimate of drug-likeness (QED) is 0.706. The molecule has 4 heteroatoms. The fraction of sp³-hybridized carbons (Fsp3) is 0.909. The summed E-state index contributed by atoms with van der Waals surface area (Å²) < 4.78 is 0. The summed E-state index contributed by atoms with van der Waals surface area (Å²) in [6.07, 6.45) is 0.490. The van der Waals surface area contributed by atoms with E-state index in [9.17, 15) is 4.79 Å². The molecule has 0 aromatic carbocycles. The third-order valence-corrected chi connectivity index (χ3v) is 2.76. The van der Waals surface area contributed by atoms with Crippen molar-refractivity contribution in [3.8, 4) is 0 Å². The Morgan fingerprint density at radius 2 is 1.73 bits per heavy atom. The Kier molecular flexibility index (Phi) is 5.05. The predicted molar refractivity (Wildman–Crippen MR) is 61.5 cm³/mol. The molecule has 88 valence electrons. The van der Waals surface area contributed by atoms with Crippen molar-refractivity contribution >= 4 is 5.91 Å². The molecule has 1 heterocycles. The lowest BCUT2D eigenvalue weighted by Gasteiger charge is -2.35. The maximum Gasteiger partial charge on any atom is 0.218 e. The van der Waals surface area contributed by atoms with Gasteiger partial charge in [0.15, 0.2) is 0 Å². The Bertz CT molecular complexity index is 198. The molecule has 1 rings (SSSR count). The van der Waals surface area contributed by atoms with Gasteiger partial charge in [0.05, 0.1) is 0 Å². The second-order valence-corrected chi connectivity index (χ2v) is 4.75. The topological polar surface area (TPSA) is 49.6 Å². The van der Waals surface area contributed by atoms with Crippen LogP contribution in [0, 0.1) is 5.92 Å². The van der Waals surface area contributed by atoms with Crippen LogP contribution in [0.2, 0.25) is 0 Å². The van der Waals surface area contributed by atoms with E-state index in [4.69, 9.17) is 5.73 Å². The van der Waals surface area contributed by atoms with E-state index in [1.807, 2.05) is 0 Å². The summed E-state index contributed by atoms with van der Waals surface area (Å²) in [5.74, 6) is 0.543. The van der Waals surface area contributed by atoms with Crippen molar-refractivity contribution in [2.75, 3.05) is 39.3 Å². The van der Waals surface area contributed by atoms with E-state index >= 15 is 0 Å². The summed E-state index contributed by atoms with van der Waals surface area (Å²) in [4.78, 5) is 15.4. The number of piperazine rings is 1. The fourth-order valence-electron chi connectivity index (χ4n) is 1.98. The molecule has 0 aromatic heterocycles. The molecule has 15 heavy (non-hydrogen) atoms. The van der Waals surface area contributed by atoms with Gasteiger partial charge in [-0.1, -0.05) is 13.8 Å². The van der Waals surface area contributed by atoms with Gasteiger partial charge in [0.2, 0.25) is 5.91 Å². The third-order valence-electron chi connectivity index (χ3n) is 2.76. The molecule has 0 radical (unpaired) electrons. The summed E-state index contributed by atoms with van der Waals surface area (Å²) in [6, 6.07) is 0. The summed E-state index contributed by atoms with van der Waals surface area (Å²) in [5.41, 5.74) is 5.13. The molecule has 0 bridgehead atoms. The van der Waals surface area contributed by atoms with Crippen LogP contribution in [-0.2, 0) is 4.79 Å². The highest BCUT2D eigenvalue weighted by molar-refractivity contribution is 5.73. The Morgan fingerprint density at radius 3 is 2.20 bits per heavy atom. The predicted octanol–water partition coefficient (Wildman–Crippen LogP) is 0.135. The lowest BCUT2D eigenvalue weighted by molar-refractivity contribution is -0.118. The summed E-state index contributed by atoms with van der Waals surface area (Å²) in [6.45, 7) is 10.9. The highest BCUT2D eigenvalue weighted by Gasteiger charge is 2.17. The zero-order valence-electron chi connectivity index (χ0n) is 9.91. The lowest BCUT2D eigenvalue weighted by Crippen LogP contribution is -2.47. The zero-order valence-corrected chi connectivity index (χ0v) is 9.91. The van der Waals surface area contributed by atoms with E-state index in [-0.39, 0.29) is 5.91 Å². The molecule has 1 aliphatic heterocycles. The van der Waals surface area contributed by atoms with Crippen molar-refractivity contribution in [3.63, 3.8) is 0 Å². The van der Waals surface area contributed by atoms with Gasteiger partial charge < -0.3 is 15.5 Å². The summed E-state index contributed by atoms with van der Waals surface area (Å²) in [7, 11) is 0. The summed E-state index contributed by atoms with van der Waals surface area (Å²) >= 11 is 0. The molecule has 1 fully saturated rings. The van der Waals surface area contributed by atoms with Crippen molar-refractivity contribution in [2.24, 2.45) is 11.7 Å². The van der Waals surface area contributed by atoms with Gasteiger partial charge in [-0.15, -0.1) is 0 Å². The molecule has 1 amide bonds. The smallest absolute Gasteiger partial charge is 0.218 e. The number of carbonyl (C=O) groups excluding carboxylic acids is 1. The normalized spacial score (nSPS) is 19.7. The van der Waals surface area contributed by atoms with Gasteiger partial charge in [0.1, 0.15) is 0 Å². The average molecular weight is 213 g/mol. The minimum Gasteiger partial charge on any atom is -0.370 e. The van der Waals surface area contributed by atoms with E-state index in [1.165, 1.54) is 6.54 Å². The van der Waals surface area contributed by atoms with E-state index in [2.05, 4.69) is 23.6 Å². The van der Waals surface area contributed by atoms with Crippen LogP contribution < -0.4 is 5.73 Å². The van der Waals surface area contributed by atoms with Crippen LogP contribution in [-0.4, -0.2) is 55.0 Å². The Balaban J connectivity index is 2.15. The van der Waals surface area contributed by atoms with Crippen molar-refractivity contribution in [2.45, 2.75) is 20.3 Å². The Morgan fingerprint density at radius 1 is 1.20 bits per heavy atom. The number of hydrogen-bond donors (Lipinski definition) is 1. The molecule has 0 atom stereocenters. The van der Waals surface area contributed by atoms with Crippen LogP contribution in [0.15, 0.2) is 0 Å². The molecule has 2 N–H and O–H groups in total. The number of amides is 1. The number of primary amides is 1. The standard InChI is InChI=1S/C11H23N3O/c1-10(2)9-14-7-5-13(6-8-14)4-3-11(12)15/h10H,3-9H2,1-2H3,(H2,12,15). The van der Waals surface area contributed by atoms with Crippen molar-refractivity contribution < 1.29 is 4.79 Å². The zero-order chi connectivity index (χ0) is 11.3. The molecule has 0 aromatic rings. The van der Waals surface area contributed by atoms with Crippen LogP contribution in [0.25, 0.3) is 0 Å². The van der Waals surface area contributed by atoms with Gasteiger partial charge in [-0.3, -0.25) is 4.79 Å². The average Bonchev–Trinajstić information content (AvgIpc) is 2.16. The van der Waals surface area contributed by atoms with Gasteiger partial charge in [0, 0.05) is 45.7 Å². The monoisotopic (exact) mass is 213 g/mol. The highest BCUT2D eigenvalue weighted by atomic mass is 16.1. The minimum absolute atomic E-state index is 0.195. The third kappa shape index (κ3) is 5.14. The number of nitrogens with two attached hydrogens (primary N) is 1. The lowest BCUT2D eigenvalue weighted by atomic mass is 10.2. The molecule has 0 aliphatic carbocycles. The second-order valence-electron chi connectivity index (χ2n) is 4.75. The molecule has 0 spiro atoms. The molecular weight excluding hydrogens is 190 g/mol.